The van der Waals surface area contributed by atoms with Crippen molar-refractivity contribution in [3.05, 3.63) is 29.0 Å². The summed E-state index contributed by atoms with van der Waals surface area (Å²) in [4.78, 5) is 11.9. The number of nitrogens with one attached hydrogen (secondary N) is 1. The zero-order valence-electron chi connectivity index (χ0n) is 14.9. The van der Waals surface area contributed by atoms with Gasteiger partial charge in [0.25, 0.3) is 0 Å². The molecule has 0 spiro atoms. The van der Waals surface area contributed by atoms with Crippen molar-refractivity contribution in [3.8, 4) is 0 Å². The van der Waals surface area contributed by atoms with Crippen molar-refractivity contribution in [2.45, 2.75) is 24.2 Å². The molecule has 2 heterocycles. The van der Waals surface area contributed by atoms with Crippen molar-refractivity contribution in [3.63, 3.8) is 0 Å². The van der Waals surface area contributed by atoms with Gasteiger partial charge >= 0.3 is 0 Å². The Hall–Kier alpha value is -1.26. The van der Waals surface area contributed by atoms with E-state index in [9.17, 15) is 17.6 Å². The minimum atomic E-state index is -3.96. The number of sulfonamides is 1. The molecule has 0 aromatic heterocycles. The van der Waals surface area contributed by atoms with E-state index < -0.39 is 15.8 Å². The number of hydrazine groups is 1. The van der Waals surface area contributed by atoms with Crippen LogP contribution in [0.15, 0.2) is 23.1 Å². The van der Waals surface area contributed by atoms with E-state index in [1.807, 2.05) is 5.01 Å². The van der Waals surface area contributed by atoms with Crippen molar-refractivity contribution in [2.75, 3.05) is 39.4 Å². The third-order valence-corrected chi connectivity index (χ3v) is 6.89. The molecule has 1 N–H and O–H groups in total. The van der Waals surface area contributed by atoms with Crippen LogP contribution in [0.1, 0.15) is 19.3 Å². The van der Waals surface area contributed by atoms with Crippen LogP contribution >= 0.6 is 11.6 Å². The van der Waals surface area contributed by atoms with Crippen molar-refractivity contribution in [2.24, 2.45) is 5.92 Å². The fourth-order valence-corrected chi connectivity index (χ4v) is 5.15. The van der Waals surface area contributed by atoms with Gasteiger partial charge in [-0.1, -0.05) is 11.6 Å². The van der Waals surface area contributed by atoms with Gasteiger partial charge in [-0.05, 0) is 37.0 Å². The van der Waals surface area contributed by atoms with Crippen LogP contribution < -0.4 is 5.43 Å². The van der Waals surface area contributed by atoms with Crippen LogP contribution in [0.3, 0.4) is 0 Å². The maximum Gasteiger partial charge on any atom is 0.245 e. The summed E-state index contributed by atoms with van der Waals surface area (Å²) in [6.45, 7) is 2.91. The summed E-state index contributed by atoms with van der Waals surface area (Å²) in [5.74, 6) is -1.11. The number of hydrogen-bond acceptors (Lipinski definition) is 5. The van der Waals surface area contributed by atoms with Gasteiger partial charge in [0.15, 0.2) is 0 Å². The Bertz CT molecular complexity index is 786. The Balaban J connectivity index is 1.62. The Morgan fingerprint density at radius 2 is 2.04 bits per heavy atom. The highest BCUT2D eigenvalue weighted by atomic mass is 35.5. The van der Waals surface area contributed by atoms with E-state index >= 15 is 0 Å². The lowest BCUT2D eigenvalue weighted by atomic mass is 9.96. The maximum absolute atomic E-state index is 14.1. The van der Waals surface area contributed by atoms with Crippen LogP contribution in [-0.4, -0.2) is 63.0 Å². The van der Waals surface area contributed by atoms with Gasteiger partial charge < -0.3 is 4.74 Å². The van der Waals surface area contributed by atoms with Gasteiger partial charge in [-0.15, -0.1) is 0 Å². The number of ether oxygens (including phenoxy) is 1. The zero-order valence-corrected chi connectivity index (χ0v) is 16.4. The Labute approximate surface area is 163 Å². The Kier molecular flexibility index (Phi) is 6.69. The minimum Gasteiger partial charge on any atom is -0.379 e. The number of carbonyl (C=O) groups excluding carboxylic acids is 1. The third kappa shape index (κ3) is 5.17. The van der Waals surface area contributed by atoms with Gasteiger partial charge in [0, 0.05) is 37.6 Å². The van der Waals surface area contributed by atoms with E-state index in [4.69, 9.17) is 16.3 Å². The molecule has 2 fully saturated rings. The van der Waals surface area contributed by atoms with Crippen LogP contribution in [0.5, 0.6) is 0 Å². The molecule has 7 nitrogen and oxygen atoms in total. The highest BCUT2D eigenvalue weighted by Crippen LogP contribution is 2.28. The average Bonchev–Trinajstić information content (AvgIpc) is 2.62. The molecule has 1 aromatic rings. The molecular weight excluding hydrogens is 397 g/mol. The molecule has 0 aliphatic carbocycles. The maximum atomic E-state index is 14.1. The standard InChI is InChI=1S/C17H23ClFN3O4S/c18-14-3-4-16(15(19)11-14)27(24,25)22-5-1-2-13(12-22)10-17(23)20-21-6-8-26-9-7-21/h3-4,11,13H,1-2,5-10,12H2,(H,20,23). The Morgan fingerprint density at radius 1 is 1.30 bits per heavy atom. The summed E-state index contributed by atoms with van der Waals surface area (Å²) in [6, 6.07) is 3.53. The number of halogens is 2. The molecular formula is C17H23ClFN3O4S. The highest BCUT2D eigenvalue weighted by Gasteiger charge is 2.33. The first-order valence-corrected chi connectivity index (χ1v) is 10.8. The van der Waals surface area contributed by atoms with E-state index in [1.165, 1.54) is 16.4 Å². The van der Waals surface area contributed by atoms with Crippen molar-refractivity contribution < 1.29 is 22.3 Å². The largest absolute Gasteiger partial charge is 0.379 e. The molecule has 2 aliphatic heterocycles. The van der Waals surface area contributed by atoms with Crippen LogP contribution in [0.2, 0.25) is 5.02 Å². The lowest BCUT2D eigenvalue weighted by Gasteiger charge is -2.32. The van der Waals surface area contributed by atoms with Crippen molar-refractivity contribution in [1.29, 1.82) is 0 Å². The predicted octanol–water partition coefficient (Wildman–Crippen LogP) is 1.63. The van der Waals surface area contributed by atoms with Crippen LogP contribution in [0.4, 0.5) is 4.39 Å². The van der Waals surface area contributed by atoms with Crippen molar-refractivity contribution >= 4 is 27.5 Å². The summed E-state index contributed by atoms with van der Waals surface area (Å²) in [6.07, 6.45) is 1.61. The molecule has 1 unspecified atom stereocenters. The first kappa shape index (κ1) is 20.5. The molecule has 0 radical (unpaired) electrons. The molecule has 0 saturated carbocycles. The number of carbonyl (C=O) groups is 1. The molecule has 2 aliphatic rings. The summed E-state index contributed by atoms with van der Waals surface area (Å²) >= 11 is 5.71. The van der Waals surface area contributed by atoms with E-state index in [2.05, 4.69) is 5.43 Å². The predicted molar refractivity (Wildman–Crippen MR) is 98.0 cm³/mol. The zero-order chi connectivity index (χ0) is 19.4. The monoisotopic (exact) mass is 419 g/mol. The fourth-order valence-electron chi connectivity index (χ4n) is 3.39. The summed E-state index contributed by atoms with van der Waals surface area (Å²) in [5, 5.41) is 1.95. The number of piperidine rings is 1. The molecule has 150 valence electrons. The summed E-state index contributed by atoms with van der Waals surface area (Å²) in [5.41, 5.74) is 2.84. The highest BCUT2D eigenvalue weighted by molar-refractivity contribution is 7.89. The Morgan fingerprint density at radius 3 is 2.74 bits per heavy atom. The first-order valence-electron chi connectivity index (χ1n) is 8.93. The van der Waals surface area contributed by atoms with Gasteiger partial charge in [0.05, 0.1) is 13.2 Å². The van der Waals surface area contributed by atoms with Crippen LogP contribution in [-0.2, 0) is 19.6 Å². The number of hydrogen-bond donors (Lipinski definition) is 1. The van der Waals surface area contributed by atoms with Gasteiger partial charge in [-0.25, -0.2) is 17.8 Å². The molecule has 3 rings (SSSR count). The van der Waals surface area contributed by atoms with Gasteiger partial charge in [0.2, 0.25) is 15.9 Å². The van der Waals surface area contributed by atoms with E-state index in [-0.39, 0.29) is 34.7 Å². The second-order valence-corrected chi connectivity index (χ2v) is 9.13. The number of amides is 1. The third-order valence-electron chi connectivity index (χ3n) is 4.76. The molecule has 1 aromatic carbocycles. The van der Waals surface area contributed by atoms with E-state index in [0.29, 0.717) is 39.3 Å². The first-order chi connectivity index (χ1) is 12.9. The SMILES string of the molecule is O=C(CC1CCCN(S(=O)(=O)c2ccc(Cl)cc2F)C1)NN1CCOCC1. The second-order valence-electron chi connectivity index (χ2n) is 6.78. The second kappa shape index (κ2) is 8.83. The number of nitrogens with zero attached hydrogens (tertiary/aromatic N) is 2. The molecule has 10 heteroatoms. The lowest BCUT2D eigenvalue weighted by molar-refractivity contribution is -0.129. The van der Waals surface area contributed by atoms with E-state index in [1.54, 1.807) is 0 Å². The van der Waals surface area contributed by atoms with Gasteiger partial charge in [-0.2, -0.15) is 4.31 Å². The minimum absolute atomic E-state index is 0.107. The van der Waals surface area contributed by atoms with Gasteiger partial charge in [-0.3, -0.25) is 10.2 Å². The fraction of sp³-hybridized carbons (Fsp3) is 0.588. The summed E-state index contributed by atoms with van der Waals surface area (Å²) < 4.78 is 46.2. The smallest absolute Gasteiger partial charge is 0.245 e. The normalized spacial score (nSPS) is 22.5. The lowest BCUT2D eigenvalue weighted by Crippen LogP contribution is -2.49. The topological polar surface area (TPSA) is 79.0 Å². The van der Waals surface area contributed by atoms with Crippen LogP contribution in [0, 0.1) is 11.7 Å². The number of morpholine rings is 1. The average molecular weight is 420 g/mol. The number of rotatable bonds is 5. The molecule has 2 saturated heterocycles. The molecule has 1 atom stereocenters. The van der Waals surface area contributed by atoms with E-state index in [0.717, 1.165) is 12.5 Å². The molecule has 1 amide bonds. The van der Waals surface area contributed by atoms with Crippen molar-refractivity contribution in [1.82, 2.24) is 14.7 Å². The van der Waals surface area contributed by atoms with Gasteiger partial charge in [0.1, 0.15) is 10.7 Å². The quantitative estimate of drug-likeness (QED) is 0.784. The van der Waals surface area contributed by atoms with Crippen LogP contribution in [0.25, 0.3) is 0 Å². The number of benzene rings is 1. The molecule has 27 heavy (non-hydrogen) atoms. The molecule has 0 bridgehead atoms. The summed E-state index contributed by atoms with van der Waals surface area (Å²) in [7, 11) is -3.96.